The number of benzene rings is 3. The summed E-state index contributed by atoms with van der Waals surface area (Å²) in [6.07, 6.45) is 2.61. The number of aromatic nitrogens is 1. The topological polar surface area (TPSA) is 71.1 Å². The Bertz CT molecular complexity index is 1400. The fourth-order valence-corrected chi connectivity index (χ4v) is 4.55. The Morgan fingerprint density at radius 2 is 1.66 bits per heavy atom. The molecule has 0 radical (unpaired) electrons. The minimum Gasteiger partial charge on any atom is -0.354 e. The van der Waals surface area contributed by atoms with Gasteiger partial charge in [-0.25, -0.2) is 8.42 Å². The second-order valence-electron chi connectivity index (χ2n) is 7.82. The van der Waals surface area contributed by atoms with Gasteiger partial charge >= 0.3 is 0 Å². The zero-order valence-corrected chi connectivity index (χ0v) is 19.7. The van der Waals surface area contributed by atoms with Crippen LogP contribution in [-0.4, -0.2) is 26.7 Å². The number of anilines is 2. The highest BCUT2D eigenvalue weighted by atomic mass is 35.5. The first-order valence-corrected chi connectivity index (χ1v) is 12.4. The van der Waals surface area contributed by atoms with Crippen molar-refractivity contribution in [2.45, 2.75) is 18.4 Å². The van der Waals surface area contributed by atoms with Gasteiger partial charge in [-0.2, -0.15) is 0 Å². The molecule has 5 nitrogen and oxygen atoms in total. The highest BCUT2D eigenvalue weighted by molar-refractivity contribution is 7.90. The lowest BCUT2D eigenvalue weighted by Crippen LogP contribution is -2.06. The number of fused-ring (bicyclic) bond motifs is 1. The number of rotatable bonds is 6. The van der Waals surface area contributed by atoms with Gasteiger partial charge in [-0.15, -0.1) is 0 Å². The first-order chi connectivity index (χ1) is 15.3. The highest BCUT2D eigenvalue weighted by Crippen LogP contribution is 2.35. The average Bonchev–Trinajstić information content (AvgIpc) is 2.76. The molecular formula is C25H24ClN3O2S. The van der Waals surface area contributed by atoms with E-state index in [-0.39, 0.29) is 4.90 Å². The van der Waals surface area contributed by atoms with Crippen molar-refractivity contribution in [2.24, 2.45) is 0 Å². The van der Waals surface area contributed by atoms with Crippen molar-refractivity contribution in [3.8, 4) is 11.1 Å². The quantitative estimate of drug-likeness (QED) is 0.380. The molecule has 4 aromatic rings. The van der Waals surface area contributed by atoms with Crippen LogP contribution in [0, 0.1) is 6.92 Å². The number of sulfone groups is 1. The summed E-state index contributed by atoms with van der Waals surface area (Å²) in [5.74, 6) is 0. The third kappa shape index (κ3) is 4.63. The summed E-state index contributed by atoms with van der Waals surface area (Å²) < 4.78 is 25.1. The molecule has 1 heterocycles. The largest absolute Gasteiger partial charge is 0.354 e. The lowest BCUT2D eigenvalue weighted by Gasteiger charge is -2.15. The summed E-state index contributed by atoms with van der Waals surface area (Å²) in [5.41, 5.74) is 6.04. The molecule has 0 spiro atoms. The van der Waals surface area contributed by atoms with Gasteiger partial charge in [-0.1, -0.05) is 41.9 Å². The van der Waals surface area contributed by atoms with E-state index in [2.05, 4.69) is 15.6 Å². The maximum Gasteiger partial charge on any atom is 0.179 e. The van der Waals surface area contributed by atoms with Crippen LogP contribution in [0.5, 0.6) is 0 Å². The fourth-order valence-electron chi connectivity index (χ4n) is 3.59. The van der Waals surface area contributed by atoms with E-state index in [4.69, 9.17) is 11.6 Å². The molecule has 0 bridgehead atoms. The molecule has 164 valence electrons. The summed E-state index contributed by atoms with van der Waals surface area (Å²) in [6, 6.07) is 19.6. The number of aryl methyl sites for hydroxylation is 1. The van der Waals surface area contributed by atoms with Crippen molar-refractivity contribution in [1.82, 2.24) is 10.3 Å². The molecule has 0 fully saturated rings. The van der Waals surface area contributed by atoms with Crippen molar-refractivity contribution in [3.05, 3.63) is 83.0 Å². The molecule has 2 N–H and O–H groups in total. The molecule has 3 aromatic carbocycles. The second-order valence-corrected chi connectivity index (χ2v) is 10.2. The zero-order chi connectivity index (χ0) is 22.9. The smallest absolute Gasteiger partial charge is 0.179 e. The van der Waals surface area contributed by atoms with Crippen LogP contribution in [0.25, 0.3) is 22.0 Å². The fraction of sp³-hybridized carbons (Fsp3) is 0.160. The summed E-state index contributed by atoms with van der Waals surface area (Å²) in [6.45, 7) is 2.72. The van der Waals surface area contributed by atoms with E-state index >= 15 is 0 Å². The molecule has 0 unspecified atom stereocenters. The van der Waals surface area contributed by atoms with Gasteiger partial charge in [-0.3, -0.25) is 4.98 Å². The number of halogens is 1. The van der Waals surface area contributed by atoms with Gasteiger partial charge in [0.15, 0.2) is 9.84 Å². The molecule has 0 amide bonds. The Hall–Kier alpha value is -2.93. The van der Waals surface area contributed by atoms with Crippen molar-refractivity contribution < 1.29 is 8.42 Å². The summed E-state index contributed by atoms with van der Waals surface area (Å²) in [7, 11) is -1.61. The molecule has 0 aliphatic heterocycles. The van der Waals surface area contributed by atoms with E-state index in [1.807, 2.05) is 74.6 Å². The van der Waals surface area contributed by atoms with Crippen LogP contribution in [-0.2, 0) is 16.4 Å². The standard InChI is InChI=1S/C25H24ClN3O2S/c1-16-4-7-19(13-22(16)26)18-8-11-23-21(12-18)25(24(15-28-23)32(3,30)31)29-20-9-5-17(6-10-20)14-27-2/h4-13,15,27H,14H2,1-3H3,(H,28,29). The molecule has 32 heavy (non-hydrogen) atoms. The van der Waals surface area contributed by atoms with E-state index < -0.39 is 9.84 Å². The summed E-state index contributed by atoms with van der Waals surface area (Å²) in [5, 5.41) is 7.85. The summed E-state index contributed by atoms with van der Waals surface area (Å²) >= 11 is 6.33. The van der Waals surface area contributed by atoms with Crippen molar-refractivity contribution in [1.29, 1.82) is 0 Å². The predicted octanol–water partition coefficient (Wildman–Crippen LogP) is 5.73. The van der Waals surface area contributed by atoms with Crippen LogP contribution in [0.1, 0.15) is 11.1 Å². The summed E-state index contributed by atoms with van der Waals surface area (Å²) in [4.78, 5) is 4.56. The Labute approximate surface area is 193 Å². The Morgan fingerprint density at radius 3 is 2.31 bits per heavy atom. The highest BCUT2D eigenvalue weighted by Gasteiger charge is 2.18. The third-order valence-corrected chi connectivity index (χ3v) is 6.86. The van der Waals surface area contributed by atoms with Gasteiger partial charge in [0, 0.05) is 35.1 Å². The van der Waals surface area contributed by atoms with Crippen LogP contribution < -0.4 is 10.6 Å². The van der Waals surface area contributed by atoms with E-state index in [9.17, 15) is 8.42 Å². The van der Waals surface area contributed by atoms with E-state index in [0.29, 0.717) is 16.2 Å². The van der Waals surface area contributed by atoms with E-state index in [1.54, 1.807) is 0 Å². The predicted molar refractivity (Wildman–Crippen MR) is 133 cm³/mol. The maximum atomic E-state index is 12.6. The van der Waals surface area contributed by atoms with E-state index in [1.165, 1.54) is 12.5 Å². The Morgan fingerprint density at radius 1 is 0.969 bits per heavy atom. The van der Waals surface area contributed by atoms with Crippen LogP contribution in [0.3, 0.4) is 0 Å². The molecule has 1 aromatic heterocycles. The molecular weight excluding hydrogens is 442 g/mol. The second kappa shape index (κ2) is 8.90. The Balaban J connectivity index is 1.87. The lowest BCUT2D eigenvalue weighted by atomic mass is 10.0. The Kier molecular flexibility index (Phi) is 6.20. The molecule has 7 heteroatoms. The van der Waals surface area contributed by atoms with Gasteiger partial charge in [-0.05, 0) is 66.6 Å². The van der Waals surface area contributed by atoms with Crippen LogP contribution in [0.2, 0.25) is 5.02 Å². The molecule has 0 aliphatic rings. The molecule has 4 rings (SSSR count). The molecule has 0 saturated heterocycles. The average molecular weight is 466 g/mol. The van der Waals surface area contributed by atoms with Crippen molar-refractivity contribution in [3.63, 3.8) is 0 Å². The van der Waals surface area contributed by atoms with Crippen LogP contribution in [0.15, 0.2) is 71.8 Å². The minimum absolute atomic E-state index is 0.156. The third-order valence-electron chi connectivity index (χ3n) is 5.34. The van der Waals surface area contributed by atoms with Gasteiger partial charge in [0.1, 0.15) is 4.90 Å². The minimum atomic E-state index is -3.51. The zero-order valence-electron chi connectivity index (χ0n) is 18.1. The van der Waals surface area contributed by atoms with Gasteiger partial charge < -0.3 is 10.6 Å². The first kappa shape index (κ1) is 22.3. The molecule has 0 saturated carbocycles. The van der Waals surface area contributed by atoms with Crippen LogP contribution >= 0.6 is 11.6 Å². The number of nitrogens with one attached hydrogen (secondary N) is 2. The van der Waals surface area contributed by atoms with E-state index in [0.717, 1.165) is 39.9 Å². The van der Waals surface area contributed by atoms with Crippen molar-refractivity contribution >= 4 is 43.7 Å². The SMILES string of the molecule is CNCc1ccc(Nc2c(S(C)(=O)=O)cnc3ccc(-c4ccc(C)c(Cl)c4)cc23)cc1. The number of hydrogen-bond donors (Lipinski definition) is 2. The lowest BCUT2D eigenvalue weighted by molar-refractivity contribution is 0.602. The van der Waals surface area contributed by atoms with Crippen molar-refractivity contribution in [2.75, 3.05) is 18.6 Å². The number of pyridine rings is 1. The normalized spacial score (nSPS) is 11.6. The monoisotopic (exact) mass is 465 g/mol. The first-order valence-electron chi connectivity index (χ1n) is 10.2. The van der Waals surface area contributed by atoms with Gasteiger partial charge in [0.05, 0.1) is 11.2 Å². The number of hydrogen-bond acceptors (Lipinski definition) is 5. The van der Waals surface area contributed by atoms with Gasteiger partial charge in [0.25, 0.3) is 0 Å². The maximum absolute atomic E-state index is 12.6. The van der Waals surface area contributed by atoms with Crippen LogP contribution in [0.4, 0.5) is 11.4 Å². The molecule has 0 aliphatic carbocycles. The molecule has 0 atom stereocenters. The van der Waals surface area contributed by atoms with Gasteiger partial charge in [0.2, 0.25) is 0 Å². The number of nitrogens with zero attached hydrogens (tertiary/aromatic N) is 1.